The van der Waals surface area contributed by atoms with Crippen molar-refractivity contribution < 1.29 is 14.7 Å². The second kappa shape index (κ2) is 5.18. The maximum atomic E-state index is 11.7. The standard InChI is InChI=1S/C13H16N2O3/c1-9(16)7-10-3-2-4-11(8-10)15-6-5-14-12(17)13(15)18/h2-4,8-9,16H,5-7H2,1H3,(H,14,17). The molecule has 2 rings (SSSR count). The molecule has 2 N–H and O–H groups in total. The van der Waals surface area contributed by atoms with Crippen molar-refractivity contribution in [1.29, 1.82) is 0 Å². The number of carbonyl (C=O) groups is 2. The van der Waals surface area contributed by atoms with Crippen molar-refractivity contribution in [3.63, 3.8) is 0 Å². The molecule has 18 heavy (non-hydrogen) atoms. The van der Waals surface area contributed by atoms with Crippen LogP contribution < -0.4 is 10.2 Å². The van der Waals surface area contributed by atoms with Gasteiger partial charge in [-0.15, -0.1) is 0 Å². The molecular formula is C13H16N2O3. The monoisotopic (exact) mass is 248 g/mol. The van der Waals surface area contributed by atoms with Crippen LogP contribution in [0.25, 0.3) is 0 Å². The van der Waals surface area contributed by atoms with Crippen LogP contribution in [0.1, 0.15) is 12.5 Å². The molecule has 5 heteroatoms. The minimum Gasteiger partial charge on any atom is -0.393 e. The second-order valence-corrected chi connectivity index (χ2v) is 4.44. The highest BCUT2D eigenvalue weighted by Gasteiger charge is 2.27. The van der Waals surface area contributed by atoms with Crippen molar-refractivity contribution in [1.82, 2.24) is 5.32 Å². The van der Waals surface area contributed by atoms with Crippen LogP contribution in [0.5, 0.6) is 0 Å². The third kappa shape index (κ3) is 2.68. The number of aliphatic hydroxyl groups is 1. The predicted octanol–water partition coefficient (Wildman–Crippen LogP) is 0.0727. The molecule has 1 aliphatic rings. The largest absolute Gasteiger partial charge is 0.393 e. The Morgan fingerprint density at radius 1 is 1.44 bits per heavy atom. The Labute approximate surface area is 105 Å². The van der Waals surface area contributed by atoms with E-state index in [1.165, 1.54) is 4.90 Å². The van der Waals surface area contributed by atoms with Crippen molar-refractivity contribution in [2.24, 2.45) is 0 Å². The van der Waals surface area contributed by atoms with E-state index in [0.717, 1.165) is 5.56 Å². The molecular weight excluding hydrogens is 232 g/mol. The van der Waals surface area contributed by atoms with Gasteiger partial charge >= 0.3 is 11.8 Å². The predicted molar refractivity (Wildman–Crippen MR) is 67.2 cm³/mol. The Balaban J connectivity index is 2.22. The van der Waals surface area contributed by atoms with E-state index < -0.39 is 17.9 Å². The molecule has 5 nitrogen and oxygen atoms in total. The topological polar surface area (TPSA) is 69.6 Å². The van der Waals surface area contributed by atoms with Gasteiger partial charge in [0.05, 0.1) is 6.10 Å². The van der Waals surface area contributed by atoms with Gasteiger partial charge in [-0.3, -0.25) is 9.59 Å². The molecule has 1 aromatic rings. The summed E-state index contributed by atoms with van der Waals surface area (Å²) in [6.45, 7) is 2.65. The minimum atomic E-state index is -0.567. The third-order valence-corrected chi connectivity index (χ3v) is 2.81. The van der Waals surface area contributed by atoms with Crippen molar-refractivity contribution >= 4 is 17.5 Å². The number of hydrogen-bond donors (Lipinski definition) is 2. The maximum absolute atomic E-state index is 11.7. The molecule has 0 radical (unpaired) electrons. The molecule has 1 aliphatic heterocycles. The first kappa shape index (κ1) is 12.6. The molecule has 0 bridgehead atoms. The van der Waals surface area contributed by atoms with Crippen LogP contribution in [0, 0.1) is 0 Å². The average Bonchev–Trinajstić information content (AvgIpc) is 2.32. The fraction of sp³-hybridized carbons (Fsp3) is 0.385. The quantitative estimate of drug-likeness (QED) is 0.744. The summed E-state index contributed by atoms with van der Waals surface area (Å²) in [7, 11) is 0. The van der Waals surface area contributed by atoms with Crippen molar-refractivity contribution in [3.8, 4) is 0 Å². The smallest absolute Gasteiger partial charge is 0.316 e. The van der Waals surface area contributed by atoms with Crippen LogP contribution >= 0.6 is 0 Å². The summed E-state index contributed by atoms with van der Waals surface area (Å²) >= 11 is 0. The lowest BCUT2D eigenvalue weighted by molar-refractivity contribution is -0.138. The van der Waals surface area contributed by atoms with Gasteiger partial charge in [0.25, 0.3) is 0 Å². The van der Waals surface area contributed by atoms with Gasteiger partial charge in [-0.05, 0) is 31.0 Å². The fourth-order valence-corrected chi connectivity index (χ4v) is 2.02. The number of benzene rings is 1. The first-order valence-corrected chi connectivity index (χ1v) is 5.94. The van der Waals surface area contributed by atoms with E-state index in [0.29, 0.717) is 25.2 Å². The van der Waals surface area contributed by atoms with Gasteiger partial charge in [0, 0.05) is 18.8 Å². The van der Waals surface area contributed by atoms with Crippen LogP contribution in [-0.2, 0) is 16.0 Å². The molecule has 1 heterocycles. The van der Waals surface area contributed by atoms with Crippen LogP contribution in [0.2, 0.25) is 0 Å². The highest BCUT2D eigenvalue weighted by Crippen LogP contribution is 2.18. The number of amides is 2. The summed E-state index contributed by atoms with van der Waals surface area (Å²) < 4.78 is 0. The summed E-state index contributed by atoms with van der Waals surface area (Å²) in [4.78, 5) is 24.5. The Hall–Kier alpha value is -1.88. The van der Waals surface area contributed by atoms with Gasteiger partial charge in [0.15, 0.2) is 0 Å². The minimum absolute atomic E-state index is 0.430. The molecule has 1 atom stereocenters. The van der Waals surface area contributed by atoms with E-state index in [1.54, 1.807) is 13.0 Å². The first-order valence-electron chi connectivity index (χ1n) is 5.94. The van der Waals surface area contributed by atoms with E-state index in [2.05, 4.69) is 5.32 Å². The molecule has 96 valence electrons. The molecule has 0 spiro atoms. The summed E-state index contributed by atoms with van der Waals surface area (Å²) in [5.41, 5.74) is 1.65. The number of nitrogens with one attached hydrogen (secondary N) is 1. The molecule has 1 aromatic carbocycles. The molecule has 2 amide bonds. The number of anilines is 1. The number of aliphatic hydroxyl groups excluding tert-OH is 1. The van der Waals surface area contributed by atoms with Crippen LogP contribution in [0.15, 0.2) is 24.3 Å². The van der Waals surface area contributed by atoms with Crippen molar-refractivity contribution in [3.05, 3.63) is 29.8 Å². The number of carbonyl (C=O) groups excluding carboxylic acids is 2. The van der Waals surface area contributed by atoms with E-state index in [-0.39, 0.29) is 0 Å². The lowest BCUT2D eigenvalue weighted by Crippen LogP contribution is -2.52. The van der Waals surface area contributed by atoms with E-state index in [1.807, 2.05) is 18.2 Å². The Kier molecular flexibility index (Phi) is 3.62. The van der Waals surface area contributed by atoms with Crippen molar-refractivity contribution in [2.45, 2.75) is 19.4 Å². The number of hydrogen-bond acceptors (Lipinski definition) is 3. The average molecular weight is 248 g/mol. The van der Waals surface area contributed by atoms with Gasteiger partial charge in [-0.2, -0.15) is 0 Å². The SMILES string of the molecule is CC(O)Cc1cccc(N2CCNC(=O)C2=O)c1. The Morgan fingerprint density at radius 3 is 2.94 bits per heavy atom. The van der Waals surface area contributed by atoms with Gasteiger partial charge in [-0.1, -0.05) is 12.1 Å². The maximum Gasteiger partial charge on any atom is 0.316 e. The summed E-state index contributed by atoms with van der Waals surface area (Å²) in [6, 6.07) is 7.35. The highest BCUT2D eigenvalue weighted by atomic mass is 16.3. The number of nitrogens with zero attached hydrogens (tertiary/aromatic N) is 1. The van der Waals surface area contributed by atoms with Crippen LogP contribution in [0.3, 0.4) is 0 Å². The van der Waals surface area contributed by atoms with E-state index >= 15 is 0 Å². The second-order valence-electron chi connectivity index (χ2n) is 4.44. The third-order valence-electron chi connectivity index (χ3n) is 2.81. The summed E-state index contributed by atoms with van der Waals surface area (Å²) in [5, 5.41) is 11.9. The lowest BCUT2D eigenvalue weighted by atomic mass is 10.1. The number of piperazine rings is 1. The molecule has 0 aliphatic carbocycles. The van der Waals surface area contributed by atoms with E-state index in [4.69, 9.17) is 0 Å². The molecule has 1 unspecified atom stereocenters. The van der Waals surface area contributed by atoms with E-state index in [9.17, 15) is 14.7 Å². The molecule has 1 saturated heterocycles. The van der Waals surface area contributed by atoms with Gasteiger partial charge in [0.1, 0.15) is 0 Å². The van der Waals surface area contributed by atoms with Gasteiger partial charge in [-0.25, -0.2) is 0 Å². The van der Waals surface area contributed by atoms with Gasteiger partial charge < -0.3 is 15.3 Å². The Morgan fingerprint density at radius 2 is 2.22 bits per heavy atom. The Bertz CT molecular complexity index is 471. The fourth-order valence-electron chi connectivity index (χ4n) is 2.02. The molecule has 1 fully saturated rings. The lowest BCUT2D eigenvalue weighted by Gasteiger charge is -2.26. The van der Waals surface area contributed by atoms with Crippen molar-refractivity contribution in [2.75, 3.05) is 18.0 Å². The summed E-state index contributed by atoms with van der Waals surface area (Å²) in [5.74, 6) is -1.10. The molecule has 0 saturated carbocycles. The van der Waals surface area contributed by atoms with Crippen LogP contribution in [0.4, 0.5) is 5.69 Å². The van der Waals surface area contributed by atoms with Gasteiger partial charge in [0.2, 0.25) is 0 Å². The molecule has 0 aromatic heterocycles. The normalized spacial score (nSPS) is 17.6. The zero-order valence-electron chi connectivity index (χ0n) is 10.2. The zero-order chi connectivity index (χ0) is 13.1. The number of rotatable bonds is 3. The van der Waals surface area contributed by atoms with Crippen LogP contribution in [-0.4, -0.2) is 36.1 Å². The highest BCUT2D eigenvalue weighted by molar-refractivity contribution is 6.41. The first-order chi connectivity index (χ1) is 8.58. The zero-order valence-corrected chi connectivity index (χ0v) is 10.2. The summed E-state index contributed by atoms with van der Waals surface area (Å²) in [6.07, 6.45) is 0.0998.